The molecule has 15 heteroatoms. The summed E-state index contributed by atoms with van der Waals surface area (Å²) in [5.41, 5.74) is 5.06. The number of rotatable bonds is 11. The average Bonchev–Trinajstić information content (AvgIpc) is 2.94. The number of pyridine rings is 1. The highest BCUT2D eigenvalue weighted by Crippen LogP contribution is 2.28. The molecule has 10 nitrogen and oxygen atoms in total. The van der Waals surface area contributed by atoms with Crippen LogP contribution in [-0.2, 0) is 6.54 Å². The number of nitrogens with one attached hydrogen (secondary N) is 3. The number of nitriles is 1. The van der Waals surface area contributed by atoms with Gasteiger partial charge in [-0.15, -0.1) is 0 Å². The fourth-order valence-corrected chi connectivity index (χ4v) is 3.11. The van der Waals surface area contributed by atoms with Crippen molar-refractivity contribution < 1.29 is 22.3 Å². The maximum Gasteiger partial charge on any atom is 0.461 e. The lowest BCUT2D eigenvalue weighted by atomic mass is 10.2. The molecular weight excluding hydrogens is 554 g/mol. The summed E-state index contributed by atoms with van der Waals surface area (Å²) in [5.74, 6) is -0.199. The molecule has 0 aliphatic rings. The molecule has 0 unspecified atom stereocenters. The predicted molar refractivity (Wildman–Crippen MR) is 140 cm³/mol. The molecule has 0 saturated carbocycles. The van der Waals surface area contributed by atoms with Crippen molar-refractivity contribution in [2.45, 2.75) is 19.1 Å². The van der Waals surface area contributed by atoms with Crippen LogP contribution in [0.2, 0.25) is 5.15 Å². The maximum atomic E-state index is 13.2. The quantitative estimate of drug-likeness (QED) is 0.0879. The Hall–Kier alpha value is -5.03. The fraction of sp³-hybridized carbons (Fsp3) is 0.120. The van der Waals surface area contributed by atoms with Crippen LogP contribution in [0.15, 0.2) is 72.0 Å². The first-order valence-corrected chi connectivity index (χ1v) is 11.7. The third kappa shape index (κ3) is 7.98. The molecule has 2 aromatic heterocycles. The number of hydrogen-bond acceptors (Lipinski definition) is 10. The lowest BCUT2D eigenvalue weighted by Gasteiger charge is -2.17. The second kappa shape index (κ2) is 12.7. The van der Waals surface area contributed by atoms with E-state index < -0.39 is 18.3 Å². The highest BCUT2D eigenvalue weighted by molar-refractivity contribution is 6.29. The minimum absolute atomic E-state index is 0.0504. The van der Waals surface area contributed by atoms with Crippen LogP contribution in [0.3, 0.4) is 0 Å². The molecule has 0 aliphatic heterocycles. The monoisotopic (exact) mass is 571 g/mol. The van der Waals surface area contributed by atoms with Gasteiger partial charge in [0, 0.05) is 18.4 Å². The molecule has 0 atom stereocenters. The van der Waals surface area contributed by atoms with E-state index in [1.807, 2.05) is 6.07 Å². The molecular formula is C25H18ClF4N9O. The molecule has 40 heavy (non-hydrogen) atoms. The Morgan fingerprint density at radius 2 is 1.68 bits per heavy atom. The van der Waals surface area contributed by atoms with Crippen molar-refractivity contribution in [3.63, 3.8) is 0 Å². The van der Waals surface area contributed by atoms with Gasteiger partial charge in [-0.1, -0.05) is 29.8 Å². The summed E-state index contributed by atoms with van der Waals surface area (Å²) in [6.07, 6.45) is -5.52. The summed E-state index contributed by atoms with van der Waals surface area (Å²) in [7, 11) is 0. The number of ether oxygens (including phenoxy) is 1. The van der Waals surface area contributed by atoms with Gasteiger partial charge in [0.2, 0.25) is 17.8 Å². The molecule has 204 valence electrons. The maximum absolute atomic E-state index is 13.2. The van der Waals surface area contributed by atoms with Crippen LogP contribution in [0.4, 0.5) is 41.1 Å². The van der Waals surface area contributed by atoms with E-state index in [1.165, 1.54) is 18.3 Å². The van der Waals surface area contributed by atoms with Gasteiger partial charge in [0.15, 0.2) is 0 Å². The first-order valence-electron chi connectivity index (χ1n) is 11.3. The zero-order valence-electron chi connectivity index (χ0n) is 20.2. The van der Waals surface area contributed by atoms with Crippen molar-refractivity contribution in [1.82, 2.24) is 19.9 Å². The van der Waals surface area contributed by atoms with E-state index in [1.54, 1.807) is 42.6 Å². The van der Waals surface area contributed by atoms with Crippen LogP contribution in [0, 0.1) is 11.3 Å². The summed E-state index contributed by atoms with van der Waals surface area (Å²) < 4.78 is 55.2. The standard InChI is InChI=1S/C25H18ClF4N9O/c26-20-10-5-17(12-32-20)13-33-22-36-23(35-18-6-8-19(9-7-18)40-25(29,30)21(27)28)38-24(37-22)39-34-14-16-3-1-15(11-31)2-4-16/h1-10,12,14,21H,13H2,(H3,33,35,36,37,38,39)/b34-14+. The zero-order valence-corrected chi connectivity index (χ0v) is 20.9. The number of anilines is 4. The number of halogens is 5. The van der Waals surface area contributed by atoms with Crippen molar-refractivity contribution in [3.8, 4) is 11.8 Å². The van der Waals surface area contributed by atoms with Gasteiger partial charge in [-0.05, 0) is 53.6 Å². The van der Waals surface area contributed by atoms with Crippen molar-refractivity contribution in [2.75, 3.05) is 16.1 Å². The molecule has 3 N–H and O–H groups in total. The number of nitrogens with zero attached hydrogens (tertiary/aromatic N) is 6. The van der Waals surface area contributed by atoms with E-state index in [4.69, 9.17) is 16.9 Å². The number of hydrazone groups is 1. The van der Waals surface area contributed by atoms with E-state index in [9.17, 15) is 17.6 Å². The topological polar surface area (TPSA) is 133 Å². The van der Waals surface area contributed by atoms with Crippen molar-refractivity contribution in [3.05, 3.63) is 88.7 Å². The smallest absolute Gasteiger partial charge is 0.428 e. The Labute approximate surface area is 229 Å². The van der Waals surface area contributed by atoms with Gasteiger partial charge in [-0.3, -0.25) is 0 Å². The summed E-state index contributed by atoms with van der Waals surface area (Å²) >= 11 is 5.82. The molecule has 0 amide bonds. The van der Waals surface area contributed by atoms with Gasteiger partial charge in [0.05, 0.1) is 17.8 Å². The Balaban J connectivity index is 1.51. The van der Waals surface area contributed by atoms with Gasteiger partial charge in [-0.25, -0.2) is 10.4 Å². The molecule has 4 aromatic rings. The molecule has 0 saturated heterocycles. The minimum Gasteiger partial charge on any atom is -0.428 e. The molecule has 2 heterocycles. The van der Waals surface area contributed by atoms with Gasteiger partial charge in [0.25, 0.3) is 0 Å². The Kier molecular flexibility index (Phi) is 8.87. The number of aromatic nitrogens is 4. The molecule has 0 spiro atoms. The van der Waals surface area contributed by atoms with Crippen LogP contribution >= 0.6 is 11.6 Å². The van der Waals surface area contributed by atoms with Gasteiger partial charge >= 0.3 is 12.5 Å². The van der Waals surface area contributed by atoms with Crippen LogP contribution < -0.4 is 20.8 Å². The normalized spacial score (nSPS) is 11.3. The van der Waals surface area contributed by atoms with Crippen LogP contribution in [0.25, 0.3) is 0 Å². The van der Waals surface area contributed by atoms with Crippen LogP contribution in [-0.4, -0.2) is 38.7 Å². The Bertz CT molecular complexity index is 1500. The average molecular weight is 572 g/mol. The Morgan fingerprint density at radius 1 is 0.975 bits per heavy atom. The molecule has 0 radical (unpaired) electrons. The highest BCUT2D eigenvalue weighted by atomic mass is 35.5. The predicted octanol–water partition coefficient (Wildman–Crippen LogP) is 5.83. The number of alkyl halides is 4. The summed E-state index contributed by atoms with van der Waals surface area (Å²) in [4.78, 5) is 16.8. The van der Waals surface area contributed by atoms with Gasteiger partial charge < -0.3 is 15.4 Å². The second-order valence-corrected chi connectivity index (χ2v) is 8.25. The Morgan fingerprint density at radius 3 is 2.33 bits per heavy atom. The minimum atomic E-state index is -4.62. The van der Waals surface area contributed by atoms with E-state index >= 15 is 0 Å². The highest BCUT2D eigenvalue weighted by Gasteiger charge is 2.43. The summed E-state index contributed by atoms with van der Waals surface area (Å²) in [6, 6.07) is 17.0. The molecule has 4 rings (SSSR count). The molecule has 0 aliphatic carbocycles. The lowest BCUT2D eigenvalue weighted by Crippen LogP contribution is -2.33. The van der Waals surface area contributed by atoms with Crippen molar-refractivity contribution in [2.24, 2.45) is 5.10 Å². The number of benzene rings is 2. The van der Waals surface area contributed by atoms with Crippen LogP contribution in [0.1, 0.15) is 16.7 Å². The summed E-state index contributed by atoms with van der Waals surface area (Å²) in [6.45, 7) is 0.298. The van der Waals surface area contributed by atoms with E-state index in [0.717, 1.165) is 17.7 Å². The molecule has 2 aromatic carbocycles. The third-order valence-corrected chi connectivity index (χ3v) is 5.13. The lowest BCUT2D eigenvalue weighted by molar-refractivity contribution is -0.253. The molecule has 0 bridgehead atoms. The first-order chi connectivity index (χ1) is 19.2. The zero-order chi connectivity index (χ0) is 28.5. The molecule has 0 fully saturated rings. The van der Waals surface area contributed by atoms with Crippen LogP contribution in [0.5, 0.6) is 5.75 Å². The largest absolute Gasteiger partial charge is 0.461 e. The van der Waals surface area contributed by atoms with E-state index in [0.29, 0.717) is 28.5 Å². The summed E-state index contributed by atoms with van der Waals surface area (Å²) in [5, 5.41) is 19.3. The first kappa shape index (κ1) is 28.0. The van der Waals surface area contributed by atoms with Gasteiger partial charge in [-0.2, -0.15) is 42.9 Å². The SMILES string of the molecule is N#Cc1ccc(/C=N/Nc2nc(NCc3ccc(Cl)nc3)nc(Nc3ccc(OC(F)(F)C(F)F)cc3)n2)cc1. The van der Waals surface area contributed by atoms with Gasteiger partial charge in [0.1, 0.15) is 10.9 Å². The number of hydrogen-bond donors (Lipinski definition) is 3. The van der Waals surface area contributed by atoms with E-state index in [-0.39, 0.29) is 17.8 Å². The van der Waals surface area contributed by atoms with Crippen molar-refractivity contribution in [1.29, 1.82) is 5.26 Å². The van der Waals surface area contributed by atoms with Crippen molar-refractivity contribution >= 4 is 41.3 Å². The second-order valence-electron chi connectivity index (χ2n) is 7.87. The fourth-order valence-electron chi connectivity index (χ4n) is 3.00. The third-order valence-electron chi connectivity index (χ3n) is 4.91. The van der Waals surface area contributed by atoms with E-state index in [2.05, 4.69) is 45.8 Å².